The van der Waals surface area contributed by atoms with Crippen molar-refractivity contribution >= 4 is 16.9 Å². The molecule has 1 saturated heterocycles. The molecule has 9 heteroatoms. The molecule has 204 valence electrons. The van der Waals surface area contributed by atoms with E-state index >= 15 is 0 Å². The first-order valence-corrected chi connectivity index (χ1v) is 13.5. The van der Waals surface area contributed by atoms with Crippen molar-refractivity contribution in [2.75, 3.05) is 25.9 Å². The maximum atomic E-state index is 6.37. The van der Waals surface area contributed by atoms with Crippen LogP contribution in [-0.4, -0.2) is 49.5 Å². The molecule has 1 fully saturated rings. The van der Waals surface area contributed by atoms with Crippen molar-refractivity contribution in [1.29, 1.82) is 0 Å². The fourth-order valence-electron chi connectivity index (χ4n) is 5.36. The van der Waals surface area contributed by atoms with E-state index in [0.717, 1.165) is 64.7 Å². The molecule has 0 bridgehead atoms. The largest absolute Gasteiger partial charge is 0.489 e. The van der Waals surface area contributed by atoms with Gasteiger partial charge in [-0.3, -0.25) is 0 Å². The van der Waals surface area contributed by atoms with Crippen LogP contribution in [-0.2, 0) is 6.61 Å². The summed E-state index contributed by atoms with van der Waals surface area (Å²) in [6, 6.07) is 13.8. The third-order valence-electron chi connectivity index (χ3n) is 7.31. The quantitative estimate of drug-likeness (QED) is 0.288. The Kier molecular flexibility index (Phi) is 7.04. The summed E-state index contributed by atoms with van der Waals surface area (Å²) in [7, 11) is 2.18. The molecular formula is C31H33N7O2. The zero-order chi connectivity index (χ0) is 27.6. The summed E-state index contributed by atoms with van der Waals surface area (Å²) < 4.78 is 14.3. The number of nitrogens with two attached hydrogens (primary N) is 1. The van der Waals surface area contributed by atoms with Crippen LogP contribution in [0.15, 0.2) is 67.4 Å². The van der Waals surface area contributed by atoms with E-state index in [9.17, 15) is 0 Å². The van der Waals surface area contributed by atoms with Gasteiger partial charge >= 0.3 is 0 Å². The number of ether oxygens (including phenoxy) is 2. The Morgan fingerprint density at radius 2 is 1.73 bits per heavy atom. The molecular weight excluding hydrogens is 502 g/mol. The van der Waals surface area contributed by atoms with Gasteiger partial charge in [-0.2, -0.15) is 0 Å². The number of nitrogens with zero attached hydrogens (tertiary/aromatic N) is 6. The molecule has 2 N–H and O–H groups in total. The predicted octanol–water partition coefficient (Wildman–Crippen LogP) is 5.59. The van der Waals surface area contributed by atoms with Crippen LogP contribution in [0.3, 0.4) is 0 Å². The van der Waals surface area contributed by atoms with Gasteiger partial charge in [0, 0.05) is 53.9 Å². The molecule has 0 spiro atoms. The highest BCUT2D eigenvalue weighted by molar-refractivity contribution is 5.90. The van der Waals surface area contributed by atoms with Crippen LogP contribution in [0, 0.1) is 13.8 Å². The second kappa shape index (κ2) is 10.9. The molecule has 2 aromatic carbocycles. The maximum Gasteiger partial charge on any atom is 0.151 e. The van der Waals surface area contributed by atoms with E-state index in [-0.39, 0.29) is 0 Å². The molecule has 0 unspecified atom stereocenters. The van der Waals surface area contributed by atoms with E-state index in [1.807, 2.05) is 56.3 Å². The molecule has 0 saturated carbocycles. The van der Waals surface area contributed by atoms with Crippen molar-refractivity contribution in [3.8, 4) is 22.9 Å². The topological polar surface area (TPSA) is 104 Å². The van der Waals surface area contributed by atoms with Gasteiger partial charge in [-0.15, -0.1) is 0 Å². The van der Waals surface area contributed by atoms with Crippen molar-refractivity contribution in [2.45, 2.75) is 39.2 Å². The second-order valence-corrected chi connectivity index (χ2v) is 10.5. The van der Waals surface area contributed by atoms with Crippen molar-refractivity contribution in [2.24, 2.45) is 0 Å². The predicted molar refractivity (Wildman–Crippen MR) is 155 cm³/mol. The van der Waals surface area contributed by atoms with Crippen LogP contribution in [0.4, 0.5) is 5.82 Å². The highest BCUT2D eigenvalue weighted by Crippen LogP contribution is 2.36. The Hall–Kier alpha value is -4.50. The zero-order valence-electron chi connectivity index (χ0n) is 23.0. The van der Waals surface area contributed by atoms with Gasteiger partial charge in [-0.1, -0.05) is 0 Å². The first-order chi connectivity index (χ1) is 19.4. The van der Waals surface area contributed by atoms with Crippen LogP contribution < -0.4 is 15.2 Å². The second-order valence-electron chi connectivity index (χ2n) is 10.5. The van der Waals surface area contributed by atoms with Crippen LogP contribution in [0.2, 0.25) is 0 Å². The average Bonchev–Trinajstić information content (AvgIpc) is 3.34. The molecule has 4 heterocycles. The zero-order valence-corrected chi connectivity index (χ0v) is 23.0. The van der Waals surface area contributed by atoms with Crippen molar-refractivity contribution in [1.82, 2.24) is 29.4 Å². The highest BCUT2D eigenvalue weighted by Gasteiger charge is 2.25. The number of anilines is 1. The fourth-order valence-corrected chi connectivity index (χ4v) is 5.36. The van der Waals surface area contributed by atoms with Crippen LogP contribution in [0.25, 0.3) is 16.7 Å². The number of aromatic nitrogens is 5. The molecule has 1 aliphatic heterocycles. The number of hydrogen-bond acceptors (Lipinski definition) is 8. The Morgan fingerprint density at radius 3 is 2.50 bits per heavy atom. The average molecular weight is 536 g/mol. The minimum Gasteiger partial charge on any atom is -0.489 e. The standard InChI is InChI=1S/C31H33N7O2/c1-20-11-26(39-18-22-14-33-21(2)34-15-22)13-27(12-20)40-25-8-6-24(7-9-25)38-17-28(23-5-4-10-37(3)16-23)29-30(38)31(32)36-19-35-29/h6-9,11-15,17,19,23H,4-5,10,16,18H2,1-3H3,(H2,32,35,36)/t23-/m1/s1. The first kappa shape index (κ1) is 25.8. The van der Waals surface area contributed by atoms with E-state index < -0.39 is 0 Å². The fraction of sp³-hybridized carbons (Fsp3) is 0.290. The Morgan fingerprint density at radius 1 is 0.950 bits per heavy atom. The van der Waals surface area contributed by atoms with E-state index in [1.165, 1.54) is 12.0 Å². The molecule has 9 nitrogen and oxygen atoms in total. The van der Waals surface area contributed by atoms with E-state index in [4.69, 9.17) is 15.2 Å². The van der Waals surface area contributed by atoms with Crippen LogP contribution in [0.1, 0.15) is 41.3 Å². The van der Waals surface area contributed by atoms with Gasteiger partial charge in [0.25, 0.3) is 0 Å². The molecule has 0 amide bonds. The number of nitrogen functional groups attached to an aromatic ring is 1. The summed E-state index contributed by atoms with van der Waals surface area (Å²) in [6.45, 7) is 6.40. The van der Waals surface area contributed by atoms with E-state index in [0.29, 0.717) is 24.1 Å². The smallest absolute Gasteiger partial charge is 0.151 e. The summed E-state index contributed by atoms with van der Waals surface area (Å²) in [4.78, 5) is 19.8. The molecule has 40 heavy (non-hydrogen) atoms. The van der Waals surface area contributed by atoms with Gasteiger partial charge in [0.05, 0.1) is 5.52 Å². The lowest BCUT2D eigenvalue weighted by Gasteiger charge is -2.29. The third kappa shape index (κ3) is 5.46. The number of piperidine rings is 1. The number of benzene rings is 2. The number of likely N-dealkylation sites (tertiary alicyclic amines) is 1. The molecule has 1 aliphatic rings. The van der Waals surface area contributed by atoms with E-state index in [2.05, 4.69) is 42.6 Å². The summed E-state index contributed by atoms with van der Waals surface area (Å²) in [5, 5.41) is 0. The lowest BCUT2D eigenvalue weighted by atomic mass is 9.92. The van der Waals surface area contributed by atoms with Gasteiger partial charge in [0.15, 0.2) is 5.82 Å². The van der Waals surface area contributed by atoms with Gasteiger partial charge in [0.2, 0.25) is 0 Å². The molecule has 6 rings (SSSR count). The van der Waals surface area contributed by atoms with Crippen molar-refractivity contribution < 1.29 is 9.47 Å². The number of likely N-dealkylation sites (N-methyl/N-ethyl adjacent to an activating group) is 1. The molecule has 3 aromatic heterocycles. The molecule has 0 aliphatic carbocycles. The van der Waals surface area contributed by atoms with Gasteiger partial charge < -0.3 is 24.7 Å². The molecule has 0 radical (unpaired) electrons. The third-order valence-corrected chi connectivity index (χ3v) is 7.31. The maximum absolute atomic E-state index is 6.37. The van der Waals surface area contributed by atoms with Crippen LogP contribution >= 0.6 is 0 Å². The number of rotatable bonds is 7. The number of aryl methyl sites for hydroxylation is 2. The minimum absolute atomic E-state index is 0.384. The van der Waals surface area contributed by atoms with Crippen molar-refractivity contribution in [3.05, 3.63) is 89.9 Å². The molecule has 5 aromatic rings. The summed E-state index contributed by atoms with van der Waals surface area (Å²) in [5.41, 5.74) is 12.3. The Labute approximate surface area is 233 Å². The number of fused-ring (bicyclic) bond motifs is 1. The first-order valence-electron chi connectivity index (χ1n) is 13.5. The van der Waals surface area contributed by atoms with Crippen LogP contribution in [0.5, 0.6) is 17.2 Å². The van der Waals surface area contributed by atoms with Gasteiger partial charge in [-0.25, -0.2) is 19.9 Å². The minimum atomic E-state index is 0.384. The van der Waals surface area contributed by atoms with Gasteiger partial charge in [0.1, 0.15) is 41.5 Å². The molecule has 1 atom stereocenters. The normalized spacial score (nSPS) is 15.8. The number of hydrogen-bond donors (Lipinski definition) is 1. The van der Waals surface area contributed by atoms with Crippen molar-refractivity contribution in [3.63, 3.8) is 0 Å². The SMILES string of the molecule is Cc1cc(OCc2cnc(C)nc2)cc(Oc2ccc(-n3cc([C@@H]4CCCN(C)C4)c4ncnc(N)c43)cc2)c1. The Balaban J connectivity index is 1.22. The van der Waals surface area contributed by atoms with Gasteiger partial charge in [-0.05, 0) is 82.2 Å². The summed E-state index contributed by atoms with van der Waals surface area (Å²) in [5.74, 6) is 3.78. The summed E-state index contributed by atoms with van der Waals surface area (Å²) in [6.07, 6.45) is 9.61. The highest BCUT2D eigenvalue weighted by atomic mass is 16.5. The lowest BCUT2D eigenvalue weighted by Crippen LogP contribution is -2.30. The monoisotopic (exact) mass is 535 g/mol. The summed E-state index contributed by atoms with van der Waals surface area (Å²) >= 11 is 0. The van der Waals surface area contributed by atoms with E-state index in [1.54, 1.807) is 18.7 Å². The Bertz CT molecular complexity index is 1630. The lowest BCUT2D eigenvalue weighted by molar-refractivity contribution is 0.251.